The highest BCUT2D eigenvalue weighted by molar-refractivity contribution is 5.78. The van der Waals surface area contributed by atoms with E-state index in [1.807, 2.05) is 6.07 Å². The van der Waals surface area contributed by atoms with Gasteiger partial charge in [-0.15, -0.1) is 0 Å². The SMILES string of the molecule is C=Cc1ccccc1-c1ccc(C#N)cc1C(OC(N)=O)C(O)(O)OC(N)=O. The first kappa shape index (κ1) is 20.4. The predicted molar refractivity (Wildman–Crippen MR) is 97.9 cm³/mol. The van der Waals surface area contributed by atoms with Crippen molar-refractivity contribution < 1.29 is 29.3 Å². The zero-order valence-corrected chi connectivity index (χ0v) is 14.5. The van der Waals surface area contributed by atoms with E-state index in [4.69, 9.17) is 16.2 Å². The number of carbonyl (C=O) groups is 2. The molecule has 0 radical (unpaired) electrons. The third-order valence-electron chi connectivity index (χ3n) is 3.76. The van der Waals surface area contributed by atoms with Gasteiger partial charge in [0.25, 0.3) is 0 Å². The standard InChI is InChI=1S/C19H17N3O6/c1-2-12-5-3-4-6-13(12)14-8-7-11(10-20)9-15(14)16(27-17(21)23)19(25,26)28-18(22)24/h2-9,16,25-26H,1H2,(H2,21,23)(H2,22,24). The molecule has 1 unspecified atom stereocenters. The maximum Gasteiger partial charge on any atom is 0.408 e. The van der Waals surface area contributed by atoms with E-state index in [-0.39, 0.29) is 11.1 Å². The van der Waals surface area contributed by atoms with Gasteiger partial charge in [-0.2, -0.15) is 5.26 Å². The molecule has 0 aromatic heterocycles. The van der Waals surface area contributed by atoms with Gasteiger partial charge in [0.2, 0.25) is 6.10 Å². The molecule has 9 heteroatoms. The largest absolute Gasteiger partial charge is 0.431 e. The Balaban J connectivity index is 2.77. The molecule has 0 spiro atoms. The number of ether oxygens (including phenoxy) is 2. The summed E-state index contributed by atoms with van der Waals surface area (Å²) in [5.41, 5.74) is 11.5. The lowest BCUT2D eigenvalue weighted by molar-refractivity contribution is -0.350. The predicted octanol–water partition coefficient (Wildman–Crippen LogP) is 1.74. The molecule has 0 aliphatic carbocycles. The first-order valence-electron chi connectivity index (χ1n) is 7.84. The Morgan fingerprint density at radius 1 is 1.14 bits per heavy atom. The van der Waals surface area contributed by atoms with Crippen LogP contribution >= 0.6 is 0 Å². The van der Waals surface area contributed by atoms with E-state index in [0.717, 1.165) is 0 Å². The molecule has 0 saturated carbocycles. The molecule has 6 N–H and O–H groups in total. The fourth-order valence-electron chi connectivity index (χ4n) is 2.68. The molecule has 0 heterocycles. The number of nitrogens with two attached hydrogens (primary N) is 2. The van der Waals surface area contributed by atoms with Crippen LogP contribution in [0.5, 0.6) is 0 Å². The van der Waals surface area contributed by atoms with Crippen molar-refractivity contribution in [3.05, 3.63) is 65.7 Å². The number of carbonyl (C=O) groups excluding carboxylic acids is 2. The average Bonchev–Trinajstić information content (AvgIpc) is 2.64. The first-order valence-corrected chi connectivity index (χ1v) is 7.84. The number of hydrogen-bond donors (Lipinski definition) is 4. The smallest absolute Gasteiger partial charge is 0.408 e. The minimum absolute atomic E-state index is 0.0570. The average molecular weight is 383 g/mol. The zero-order valence-electron chi connectivity index (χ0n) is 14.5. The van der Waals surface area contributed by atoms with Crippen LogP contribution in [0.15, 0.2) is 49.0 Å². The Morgan fingerprint density at radius 2 is 1.82 bits per heavy atom. The number of primary amides is 2. The van der Waals surface area contributed by atoms with Crippen molar-refractivity contribution in [3.63, 3.8) is 0 Å². The Morgan fingerprint density at radius 3 is 2.39 bits per heavy atom. The van der Waals surface area contributed by atoms with Gasteiger partial charge in [0, 0.05) is 5.56 Å². The quantitative estimate of drug-likeness (QED) is 0.550. The maximum atomic E-state index is 11.4. The molecule has 0 saturated heterocycles. The van der Waals surface area contributed by atoms with Crippen molar-refractivity contribution in [1.82, 2.24) is 0 Å². The third kappa shape index (κ3) is 4.45. The lowest BCUT2D eigenvalue weighted by Gasteiger charge is -2.30. The van der Waals surface area contributed by atoms with Gasteiger partial charge in [0.05, 0.1) is 11.6 Å². The Kier molecular flexibility index (Phi) is 6.00. The van der Waals surface area contributed by atoms with Crippen LogP contribution in [0.3, 0.4) is 0 Å². The van der Waals surface area contributed by atoms with Crippen molar-refractivity contribution in [1.29, 1.82) is 5.26 Å². The van der Waals surface area contributed by atoms with Gasteiger partial charge >= 0.3 is 18.2 Å². The number of nitrogens with zero attached hydrogens (tertiary/aromatic N) is 1. The van der Waals surface area contributed by atoms with Crippen molar-refractivity contribution in [2.24, 2.45) is 11.5 Å². The highest BCUT2D eigenvalue weighted by Gasteiger charge is 2.44. The summed E-state index contributed by atoms with van der Waals surface area (Å²) >= 11 is 0. The second kappa shape index (κ2) is 8.22. The van der Waals surface area contributed by atoms with E-state index in [0.29, 0.717) is 16.7 Å². The molecule has 9 nitrogen and oxygen atoms in total. The van der Waals surface area contributed by atoms with Crippen molar-refractivity contribution >= 4 is 18.3 Å². The van der Waals surface area contributed by atoms with E-state index in [9.17, 15) is 25.1 Å². The minimum Gasteiger partial charge on any atom is -0.431 e. The van der Waals surface area contributed by atoms with E-state index in [1.54, 1.807) is 30.3 Å². The summed E-state index contributed by atoms with van der Waals surface area (Å²) in [4.78, 5) is 22.4. The summed E-state index contributed by atoms with van der Waals surface area (Å²) in [7, 11) is 0. The molecule has 0 aliphatic rings. The molecule has 0 aliphatic heterocycles. The fraction of sp³-hybridized carbons (Fsp3) is 0.105. The van der Waals surface area contributed by atoms with Gasteiger partial charge in [-0.3, -0.25) is 0 Å². The van der Waals surface area contributed by atoms with E-state index in [2.05, 4.69) is 11.3 Å². The van der Waals surface area contributed by atoms with Gasteiger partial charge in [0.1, 0.15) is 0 Å². The zero-order chi connectivity index (χ0) is 20.9. The van der Waals surface area contributed by atoms with Crippen LogP contribution in [0, 0.1) is 11.3 Å². The summed E-state index contributed by atoms with van der Waals surface area (Å²) < 4.78 is 9.10. The molecule has 0 fully saturated rings. The van der Waals surface area contributed by atoms with Gasteiger partial charge in [-0.1, -0.05) is 43.0 Å². The lowest BCUT2D eigenvalue weighted by Crippen LogP contribution is -2.45. The number of hydrogen-bond acceptors (Lipinski definition) is 7. The van der Waals surface area contributed by atoms with E-state index < -0.39 is 24.3 Å². The summed E-state index contributed by atoms with van der Waals surface area (Å²) in [6, 6.07) is 13.1. The van der Waals surface area contributed by atoms with Crippen LogP contribution < -0.4 is 11.5 Å². The van der Waals surface area contributed by atoms with Crippen LogP contribution in [0.2, 0.25) is 0 Å². The maximum absolute atomic E-state index is 11.4. The van der Waals surface area contributed by atoms with Crippen LogP contribution in [0.1, 0.15) is 22.8 Å². The van der Waals surface area contributed by atoms with E-state index in [1.165, 1.54) is 18.2 Å². The van der Waals surface area contributed by atoms with Crippen molar-refractivity contribution in [3.8, 4) is 17.2 Å². The Labute approximate surface area is 160 Å². The van der Waals surface area contributed by atoms with Gasteiger partial charge in [0.15, 0.2) is 0 Å². The molecule has 1 atom stereocenters. The summed E-state index contributed by atoms with van der Waals surface area (Å²) in [6.07, 6.45) is -3.35. The number of benzene rings is 2. The van der Waals surface area contributed by atoms with Crippen molar-refractivity contribution in [2.45, 2.75) is 12.1 Å². The first-order chi connectivity index (χ1) is 13.2. The number of aliphatic hydroxyl groups is 2. The topological polar surface area (TPSA) is 169 Å². The number of amides is 2. The van der Waals surface area contributed by atoms with Crippen LogP contribution in [-0.4, -0.2) is 28.4 Å². The van der Waals surface area contributed by atoms with Crippen LogP contribution in [0.25, 0.3) is 17.2 Å². The highest BCUT2D eigenvalue weighted by atomic mass is 16.8. The Hall–Kier alpha value is -3.87. The summed E-state index contributed by atoms with van der Waals surface area (Å²) in [6.45, 7) is 3.72. The number of nitriles is 1. The lowest BCUT2D eigenvalue weighted by atomic mass is 9.90. The van der Waals surface area contributed by atoms with Gasteiger partial charge in [-0.05, 0) is 28.8 Å². The monoisotopic (exact) mass is 383 g/mol. The molecule has 2 amide bonds. The second-order valence-corrected chi connectivity index (χ2v) is 5.60. The summed E-state index contributed by atoms with van der Waals surface area (Å²) in [5.74, 6) is -3.35. The molecule has 28 heavy (non-hydrogen) atoms. The fourth-order valence-corrected chi connectivity index (χ4v) is 2.68. The third-order valence-corrected chi connectivity index (χ3v) is 3.76. The molecule has 2 rings (SSSR count). The molecular weight excluding hydrogens is 366 g/mol. The highest BCUT2D eigenvalue weighted by Crippen LogP contribution is 2.38. The number of rotatable bonds is 6. The van der Waals surface area contributed by atoms with Crippen LogP contribution in [0.4, 0.5) is 9.59 Å². The molecule has 0 bridgehead atoms. The van der Waals surface area contributed by atoms with Gasteiger partial charge < -0.3 is 31.2 Å². The molecule has 2 aromatic rings. The summed E-state index contributed by atoms with van der Waals surface area (Å²) in [5, 5.41) is 29.6. The van der Waals surface area contributed by atoms with E-state index >= 15 is 0 Å². The normalized spacial score (nSPS) is 11.8. The van der Waals surface area contributed by atoms with Crippen molar-refractivity contribution in [2.75, 3.05) is 0 Å². The Bertz CT molecular complexity index is 964. The van der Waals surface area contributed by atoms with Gasteiger partial charge in [-0.25, -0.2) is 9.59 Å². The molecule has 2 aromatic carbocycles. The van der Waals surface area contributed by atoms with Crippen LogP contribution in [-0.2, 0) is 9.47 Å². The minimum atomic E-state index is -3.35. The molecular formula is C19H17N3O6. The second-order valence-electron chi connectivity index (χ2n) is 5.60. The molecule has 144 valence electrons.